The first-order chi connectivity index (χ1) is 8.37. The van der Waals surface area contributed by atoms with E-state index < -0.39 is 0 Å². The van der Waals surface area contributed by atoms with Crippen LogP contribution in [0, 0.1) is 0 Å². The van der Waals surface area contributed by atoms with Gasteiger partial charge < -0.3 is 17.7 Å². The Kier molecular flexibility index (Phi) is 98.5. The number of hydrogen-bond donors (Lipinski definition) is 0. The maximum Gasteiger partial charge on any atom is 0.0837 e. The van der Waals surface area contributed by atoms with E-state index >= 15 is 0 Å². The van der Waals surface area contributed by atoms with E-state index in [2.05, 4.69) is 76.7 Å². The Bertz CT molecular complexity index is 82.8. The van der Waals surface area contributed by atoms with Gasteiger partial charge in [-0.2, -0.15) is 0 Å². The predicted octanol–water partition coefficient (Wildman–Crippen LogP) is 0.185. The molecule has 19 heavy (non-hydrogen) atoms. The summed E-state index contributed by atoms with van der Waals surface area (Å²) in [5.41, 5.74) is 0. The van der Waals surface area contributed by atoms with Crippen molar-refractivity contribution in [1.82, 2.24) is 4.23 Å². The SMILES string of the molecule is C[SiH2]C.C[SiH2]C.C[SiH2]N(C)[SiH2]C.C[SiH3].C[SiH](C)C.[S-2]. The summed E-state index contributed by atoms with van der Waals surface area (Å²) in [7, 11) is 4.70. The Hall–Kier alpha value is 1.61. The van der Waals surface area contributed by atoms with Crippen LogP contribution in [0.15, 0.2) is 0 Å². The molecule has 0 N–H and O–H groups in total. The van der Waals surface area contributed by atoms with Gasteiger partial charge >= 0.3 is 0 Å². The summed E-state index contributed by atoms with van der Waals surface area (Å²) in [5.74, 6) is 0. The largest absolute Gasteiger partial charge is 2.00 e. The summed E-state index contributed by atoms with van der Waals surface area (Å²) >= 11 is 0. The van der Waals surface area contributed by atoms with Crippen LogP contribution < -0.4 is 0 Å². The Balaban J connectivity index is -0.0000000290. The Morgan fingerprint density at radius 3 is 0.842 bits per heavy atom. The van der Waals surface area contributed by atoms with Crippen molar-refractivity contribution in [3.8, 4) is 0 Å². The lowest BCUT2D eigenvalue weighted by Crippen LogP contribution is -2.22. The summed E-state index contributed by atoms with van der Waals surface area (Å²) < 4.78 is 2.53. The highest BCUT2D eigenvalue weighted by Gasteiger charge is 1.83. The van der Waals surface area contributed by atoms with Gasteiger partial charge in [-0.05, 0) is 17.3 Å². The molecule has 8 heteroatoms. The summed E-state index contributed by atoms with van der Waals surface area (Å²) in [6, 6.07) is 0. The number of nitrogens with zero attached hydrogens (tertiary/aromatic N) is 1. The Morgan fingerprint density at radius 2 is 0.842 bits per heavy atom. The zero-order valence-corrected chi connectivity index (χ0v) is 25.9. The van der Waals surface area contributed by atoms with E-state index in [9.17, 15) is 0 Å². The fraction of sp³-hybridized carbons (Fsp3) is 1.00. The lowest BCUT2D eigenvalue weighted by molar-refractivity contribution is 0.854. The first-order valence-electron chi connectivity index (χ1n) is 8.05. The van der Waals surface area contributed by atoms with Gasteiger partial charge in [0.25, 0.3) is 0 Å². The summed E-state index contributed by atoms with van der Waals surface area (Å²) in [6.07, 6.45) is 0. The maximum absolute atomic E-state index is 2.53. The molecule has 0 saturated carbocycles. The van der Waals surface area contributed by atoms with Gasteiger partial charge in [-0.15, -0.1) is 0 Å². The molecule has 0 aromatic carbocycles. The first-order valence-corrected chi connectivity index (χ1v) is 23.3. The summed E-state index contributed by atoms with van der Waals surface area (Å²) in [6.45, 7) is 22.8. The summed E-state index contributed by atoms with van der Waals surface area (Å²) in [5, 5.41) is 0. The van der Waals surface area contributed by atoms with Crippen molar-refractivity contribution in [3.63, 3.8) is 0 Å². The minimum atomic E-state index is -0.139. The zero-order chi connectivity index (χ0) is 16.0. The third kappa shape index (κ3) is 193. The molecule has 1 nitrogen and oxygen atoms in total. The van der Waals surface area contributed by atoms with Crippen molar-refractivity contribution in [2.24, 2.45) is 0 Å². The molecule has 0 saturated heterocycles. The molecule has 0 aromatic heterocycles. The molecule has 0 atom stereocenters. The van der Waals surface area contributed by atoms with Crippen molar-refractivity contribution >= 4 is 70.9 Å². The minimum absolute atomic E-state index is 0. The van der Waals surface area contributed by atoms with Crippen LogP contribution in [0.5, 0.6) is 0 Å². The normalized spacial score (nSPS) is 8.68. The van der Waals surface area contributed by atoms with Crippen LogP contribution >= 0.6 is 0 Å². The monoisotopic (exact) mass is 391 g/mol. The van der Waals surface area contributed by atoms with E-state index in [1.807, 2.05) is 0 Å². The second kappa shape index (κ2) is 50.4. The molecule has 126 valence electrons. The van der Waals surface area contributed by atoms with Crippen molar-refractivity contribution < 1.29 is 0 Å². The van der Waals surface area contributed by atoms with Crippen LogP contribution in [0.2, 0.25) is 65.5 Å². The second-order valence-electron chi connectivity index (χ2n) is 4.63. The Labute approximate surface area is 147 Å². The lowest BCUT2D eigenvalue weighted by Gasteiger charge is -2.06. The van der Waals surface area contributed by atoms with Crippen LogP contribution in [0.4, 0.5) is 0 Å². The van der Waals surface area contributed by atoms with E-state index in [0.29, 0.717) is 19.0 Å². The van der Waals surface area contributed by atoms with Gasteiger partial charge in [0.15, 0.2) is 0 Å². The average molecular weight is 392 g/mol. The van der Waals surface area contributed by atoms with Crippen molar-refractivity contribution in [3.05, 3.63) is 0 Å². The molecule has 0 aliphatic heterocycles. The maximum atomic E-state index is 2.53. The highest BCUT2D eigenvalue weighted by molar-refractivity contribution is 7.37. The van der Waals surface area contributed by atoms with E-state index in [1.54, 1.807) is 0 Å². The number of rotatable bonds is 2. The van der Waals surface area contributed by atoms with E-state index in [-0.39, 0.29) is 41.7 Å². The first kappa shape index (κ1) is 37.1. The lowest BCUT2D eigenvalue weighted by atomic mass is 11.6. The van der Waals surface area contributed by atoms with Crippen LogP contribution in [-0.4, -0.2) is 68.7 Å². The fourth-order valence-electron chi connectivity index (χ4n) is 0.224. The number of hydrogen-bond acceptors (Lipinski definition) is 1. The predicted molar refractivity (Wildman–Crippen MR) is 125 cm³/mol. The van der Waals surface area contributed by atoms with Crippen LogP contribution in [0.25, 0.3) is 0 Å². The Morgan fingerprint density at radius 1 is 0.737 bits per heavy atom. The van der Waals surface area contributed by atoms with Gasteiger partial charge in [0, 0.05) is 27.8 Å². The van der Waals surface area contributed by atoms with Gasteiger partial charge in [0.05, 0.1) is 19.4 Å². The zero-order valence-electron chi connectivity index (χ0n) is 16.3. The van der Waals surface area contributed by atoms with Crippen LogP contribution in [0.1, 0.15) is 0 Å². The fourth-order valence-corrected chi connectivity index (χ4v) is 2.01. The minimum Gasteiger partial charge on any atom is -2.00 e. The van der Waals surface area contributed by atoms with E-state index in [4.69, 9.17) is 0 Å². The molecule has 0 heterocycles. The molecule has 0 aliphatic rings. The standard InChI is InChI=1S/C3H13NSi2.C3H10Si.2C2H8Si.CH6Si.S/c1-4(5-2)6-3;1-4(2)3;2*1-3-2;1-2;/h5-6H2,1-3H3;4H,1-3H3;2*3H2,1-2H3;1-2H3;/q;;;;;-2. The van der Waals surface area contributed by atoms with E-state index in [0.717, 1.165) is 0 Å². The highest BCUT2D eigenvalue weighted by atomic mass is 32.1. The smallest absolute Gasteiger partial charge is 0.0837 e. The highest BCUT2D eigenvalue weighted by Crippen LogP contribution is 1.68. The quantitative estimate of drug-likeness (QED) is 0.607. The van der Waals surface area contributed by atoms with Crippen molar-refractivity contribution in [2.45, 2.75) is 65.5 Å². The van der Waals surface area contributed by atoms with Crippen molar-refractivity contribution in [1.29, 1.82) is 0 Å². The molecule has 0 spiro atoms. The molecule has 0 aromatic rings. The van der Waals surface area contributed by atoms with Gasteiger partial charge in [0.1, 0.15) is 0 Å². The van der Waals surface area contributed by atoms with Crippen LogP contribution in [0.3, 0.4) is 0 Å². The molecule has 0 rings (SSSR count). The molecule has 0 radical (unpaired) electrons. The molecule has 0 unspecified atom stereocenters. The molecular weight excluding hydrogens is 347 g/mol. The molecule has 0 fully saturated rings. The molecular formula is C11H45NSSi6-2. The van der Waals surface area contributed by atoms with E-state index in [1.165, 1.54) is 10.2 Å². The van der Waals surface area contributed by atoms with Crippen molar-refractivity contribution in [2.75, 3.05) is 7.05 Å². The van der Waals surface area contributed by atoms with Gasteiger partial charge in [-0.25, -0.2) is 0 Å². The average Bonchev–Trinajstić information content (AvgIpc) is 2.32. The van der Waals surface area contributed by atoms with Gasteiger partial charge in [-0.3, -0.25) is 0 Å². The molecule has 0 aliphatic carbocycles. The molecule has 0 bridgehead atoms. The molecule has 0 amide bonds. The second-order valence-corrected chi connectivity index (χ2v) is 15.2. The van der Waals surface area contributed by atoms with Gasteiger partial charge in [0.2, 0.25) is 0 Å². The topological polar surface area (TPSA) is 3.24 Å². The van der Waals surface area contributed by atoms with Gasteiger partial charge in [-0.1, -0.05) is 65.5 Å². The third-order valence-corrected chi connectivity index (χ3v) is 5.92. The third-order valence-electron chi connectivity index (χ3n) is 1.08. The van der Waals surface area contributed by atoms with Crippen LogP contribution in [-0.2, 0) is 13.5 Å². The summed E-state index contributed by atoms with van der Waals surface area (Å²) in [4.78, 5) is 0.